The zero-order valence-corrected chi connectivity index (χ0v) is 10.9. The molecule has 3 nitrogen and oxygen atoms in total. The van der Waals surface area contributed by atoms with Crippen LogP contribution >= 0.6 is 0 Å². The van der Waals surface area contributed by atoms with Gasteiger partial charge < -0.3 is 10.2 Å². The number of carbonyl (C=O) groups excluding carboxylic acids is 1. The standard InChI is InChI=1S/C15H20N2O/c1-17(12-5-4-6-12)15(18)9-11-10-16-14-8-3-2-7-13(11)14/h2-3,7-8,11-12,16H,4-6,9-10H2,1H3. The van der Waals surface area contributed by atoms with Crippen LogP contribution in [0.25, 0.3) is 0 Å². The molecule has 3 heteroatoms. The fraction of sp³-hybridized carbons (Fsp3) is 0.533. The molecular weight excluding hydrogens is 224 g/mol. The normalized spacial score (nSPS) is 21.9. The van der Waals surface area contributed by atoms with Gasteiger partial charge in [-0.05, 0) is 30.9 Å². The Labute approximate surface area is 108 Å². The van der Waals surface area contributed by atoms with Crippen molar-refractivity contribution in [3.8, 4) is 0 Å². The first-order valence-electron chi connectivity index (χ1n) is 6.84. The highest BCUT2D eigenvalue weighted by atomic mass is 16.2. The van der Waals surface area contributed by atoms with Gasteiger partial charge in [0.25, 0.3) is 0 Å². The van der Waals surface area contributed by atoms with Gasteiger partial charge in [0.05, 0.1) is 0 Å². The van der Waals surface area contributed by atoms with Gasteiger partial charge in [0.1, 0.15) is 0 Å². The molecule has 0 spiro atoms. The Morgan fingerprint density at radius 2 is 2.17 bits per heavy atom. The second kappa shape index (κ2) is 4.63. The lowest BCUT2D eigenvalue weighted by Gasteiger charge is -2.35. The van der Waals surface area contributed by atoms with Crippen LogP contribution in [0.4, 0.5) is 5.69 Å². The zero-order valence-electron chi connectivity index (χ0n) is 10.9. The van der Waals surface area contributed by atoms with Crippen LogP contribution in [0.1, 0.15) is 37.2 Å². The summed E-state index contributed by atoms with van der Waals surface area (Å²) in [6, 6.07) is 8.82. The molecule has 1 aromatic carbocycles. The van der Waals surface area contributed by atoms with E-state index in [1.54, 1.807) is 0 Å². The maximum Gasteiger partial charge on any atom is 0.223 e. The molecule has 1 aliphatic heterocycles. The Hall–Kier alpha value is -1.51. The van der Waals surface area contributed by atoms with Crippen molar-refractivity contribution in [1.29, 1.82) is 0 Å². The number of fused-ring (bicyclic) bond motifs is 1. The summed E-state index contributed by atoms with van der Waals surface area (Å²) < 4.78 is 0. The van der Waals surface area contributed by atoms with E-state index >= 15 is 0 Å². The summed E-state index contributed by atoms with van der Waals surface area (Å²) in [6.45, 7) is 0.892. The van der Waals surface area contributed by atoms with Gasteiger partial charge in [-0.15, -0.1) is 0 Å². The molecule has 1 amide bonds. The molecule has 1 aromatic rings. The van der Waals surface area contributed by atoms with Gasteiger partial charge in [-0.1, -0.05) is 18.2 Å². The molecule has 1 fully saturated rings. The quantitative estimate of drug-likeness (QED) is 0.886. The Balaban J connectivity index is 1.65. The smallest absolute Gasteiger partial charge is 0.223 e. The van der Waals surface area contributed by atoms with E-state index in [4.69, 9.17) is 0 Å². The van der Waals surface area contributed by atoms with Crippen LogP contribution in [0.2, 0.25) is 0 Å². The minimum atomic E-state index is 0.295. The van der Waals surface area contributed by atoms with Gasteiger partial charge in [-0.3, -0.25) is 4.79 Å². The first kappa shape index (κ1) is 11.6. The first-order chi connectivity index (χ1) is 8.75. The number of para-hydroxylation sites is 1. The molecule has 0 saturated heterocycles. The summed E-state index contributed by atoms with van der Waals surface area (Å²) in [5.74, 6) is 0.638. The molecular formula is C15H20N2O. The SMILES string of the molecule is CN(C(=O)CC1CNc2ccccc21)C1CCC1. The summed E-state index contributed by atoms with van der Waals surface area (Å²) >= 11 is 0. The summed E-state index contributed by atoms with van der Waals surface area (Å²) in [4.78, 5) is 14.2. The molecule has 1 atom stereocenters. The van der Waals surface area contributed by atoms with Crippen LogP contribution in [0.3, 0.4) is 0 Å². The molecule has 3 rings (SSSR count). The van der Waals surface area contributed by atoms with Crippen LogP contribution in [0, 0.1) is 0 Å². The average Bonchev–Trinajstić information content (AvgIpc) is 2.70. The molecule has 1 unspecified atom stereocenters. The third kappa shape index (κ3) is 1.98. The van der Waals surface area contributed by atoms with Crippen molar-refractivity contribution in [2.24, 2.45) is 0 Å². The van der Waals surface area contributed by atoms with Crippen molar-refractivity contribution in [1.82, 2.24) is 4.90 Å². The molecule has 2 aliphatic rings. The topological polar surface area (TPSA) is 32.3 Å². The van der Waals surface area contributed by atoms with E-state index < -0.39 is 0 Å². The number of rotatable bonds is 3. The fourth-order valence-corrected chi connectivity index (χ4v) is 2.87. The van der Waals surface area contributed by atoms with Crippen LogP contribution in [0.5, 0.6) is 0 Å². The fourth-order valence-electron chi connectivity index (χ4n) is 2.87. The van der Waals surface area contributed by atoms with Crippen LogP contribution in [0.15, 0.2) is 24.3 Å². The number of hydrogen-bond acceptors (Lipinski definition) is 2. The number of nitrogens with zero attached hydrogens (tertiary/aromatic N) is 1. The third-order valence-electron chi connectivity index (χ3n) is 4.38. The molecule has 1 heterocycles. The number of benzene rings is 1. The van der Waals surface area contributed by atoms with Gasteiger partial charge in [0.2, 0.25) is 5.91 Å². The van der Waals surface area contributed by atoms with Crippen molar-refractivity contribution in [3.05, 3.63) is 29.8 Å². The Kier molecular flexibility index (Phi) is 2.98. The highest BCUT2D eigenvalue weighted by Crippen LogP contribution is 2.34. The number of carbonyl (C=O) groups is 1. The van der Waals surface area contributed by atoms with Crippen LogP contribution in [-0.4, -0.2) is 30.4 Å². The maximum atomic E-state index is 12.2. The molecule has 0 bridgehead atoms. The molecule has 1 aliphatic carbocycles. The Bertz CT molecular complexity index is 454. The van der Waals surface area contributed by atoms with E-state index in [1.165, 1.54) is 30.5 Å². The summed E-state index contributed by atoms with van der Waals surface area (Å²) in [5, 5.41) is 3.38. The number of amides is 1. The van der Waals surface area contributed by atoms with Gasteiger partial charge >= 0.3 is 0 Å². The lowest BCUT2D eigenvalue weighted by Crippen LogP contribution is -2.41. The summed E-state index contributed by atoms with van der Waals surface area (Å²) in [5.41, 5.74) is 2.49. The van der Waals surface area contributed by atoms with E-state index in [-0.39, 0.29) is 0 Å². The lowest BCUT2D eigenvalue weighted by molar-refractivity contribution is -0.133. The van der Waals surface area contributed by atoms with Crippen molar-refractivity contribution >= 4 is 11.6 Å². The van der Waals surface area contributed by atoms with E-state index in [0.717, 1.165) is 6.54 Å². The molecule has 96 valence electrons. The van der Waals surface area contributed by atoms with Crippen LogP contribution < -0.4 is 5.32 Å². The number of hydrogen-bond donors (Lipinski definition) is 1. The van der Waals surface area contributed by atoms with Crippen LogP contribution in [-0.2, 0) is 4.79 Å². The molecule has 0 aromatic heterocycles. The summed E-state index contributed by atoms with van der Waals surface area (Å²) in [6.07, 6.45) is 4.27. The van der Waals surface area contributed by atoms with E-state index in [9.17, 15) is 4.79 Å². The predicted molar refractivity (Wildman–Crippen MR) is 72.7 cm³/mol. The highest BCUT2D eigenvalue weighted by Gasteiger charge is 2.29. The monoisotopic (exact) mass is 244 g/mol. The van der Waals surface area contributed by atoms with Crippen molar-refractivity contribution < 1.29 is 4.79 Å². The van der Waals surface area contributed by atoms with Crippen molar-refractivity contribution in [3.63, 3.8) is 0 Å². The average molecular weight is 244 g/mol. The maximum absolute atomic E-state index is 12.2. The minimum absolute atomic E-state index is 0.295. The van der Waals surface area contributed by atoms with Gasteiger partial charge in [0.15, 0.2) is 0 Å². The molecule has 18 heavy (non-hydrogen) atoms. The predicted octanol–water partition coefficient (Wildman–Crippen LogP) is 2.60. The summed E-state index contributed by atoms with van der Waals surface area (Å²) in [7, 11) is 1.96. The van der Waals surface area contributed by atoms with E-state index in [1.807, 2.05) is 18.0 Å². The Morgan fingerprint density at radius 1 is 1.39 bits per heavy atom. The second-order valence-electron chi connectivity index (χ2n) is 5.46. The second-order valence-corrected chi connectivity index (χ2v) is 5.46. The van der Waals surface area contributed by atoms with Gasteiger partial charge in [-0.25, -0.2) is 0 Å². The largest absolute Gasteiger partial charge is 0.384 e. The zero-order chi connectivity index (χ0) is 12.5. The van der Waals surface area contributed by atoms with Crippen molar-refractivity contribution in [2.75, 3.05) is 18.9 Å². The molecule has 0 radical (unpaired) electrons. The molecule has 1 N–H and O–H groups in total. The number of nitrogens with one attached hydrogen (secondary N) is 1. The Morgan fingerprint density at radius 3 is 2.89 bits per heavy atom. The first-order valence-corrected chi connectivity index (χ1v) is 6.84. The third-order valence-corrected chi connectivity index (χ3v) is 4.38. The van der Waals surface area contributed by atoms with E-state index in [0.29, 0.717) is 24.3 Å². The number of anilines is 1. The van der Waals surface area contributed by atoms with Gasteiger partial charge in [-0.2, -0.15) is 0 Å². The minimum Gasteiger partial charge on any atom is -0.384 e. The molecule has 1 saturated carbocycles. The van der Waals surface area contributed by atoms with E-state index in [2.05, 4.69) is 23.5 Å². The lowest BCUT2D eigenvalue weighted by atomic mass is 9.90. The highest BCUT2D eigenvalue weighted by molar-refractivity contribution is 5.78. The van der Waals surface area contributed by atoms with Crippen molar-refractivity contribution in [2.45, 2.75) is 37.6 Å². The van der Waals surface area contributed by atoms with Gasteiger partial charge in [0, 0.05) is 37.7 Å².